The Labute approximate surface area is 153 Å². The van der Waals surface area contributed by atoms with Gasteiger partial charge in [0.2, 0.25) is 0 Å². The van der Waals surface area contributed by atoms with Crippen LogP contribution in [0.2, 0.25) is 0 Å². The number of aromatic nitrogens is 1. The van der Waals surface area contributed by atoms with Crippen molar-refractivity contribution in [3.8, 4) is 11.5 Å². The number of pyridine rings is 1. The molecule has 0 aliphatic carbocycles. The van der Waals surface area contributed by atoms with E-state index in [4.69, 9.17) is 4.74 Å². The molecule has 0 aliphatic rings. The average molecular weight is 346 g/mol. The molecular weight excluding hydrogens is 324 g/mol. The van der Waals surface area contributed by atoms with Crippen molar-refractivity contribution < 1.29 is 9.53 Å². The quantitative estimate of drug-likeness (QED) is 0.671. The summed E-state index contributed by atoms with van der Waals surface area (Å²) in [7, 11) is 0. The predicted molar refractivity (Wildman–Crippen MR) is 102 cm³/mol. The van der Waals surface area contributed by atoms with E-state index in [9.17, 15) is 4.79 Å². The molecule has 0 spiro atoms. The van der Waals surface area contributed by atoms with Gasteiger partial charge >= 0.3 is 0 Å². The largest absolute Gasteiger partial charge is 0.457 e. The highest BCUT2D eigenvalue weighted by Crippen LogP contribution is 2.23. The van der Waals surface area contributed by atoms with Crippen LogP contribution in [0.3, 0.4) is 0 Å². The van der Waals surface area contributed by atoms with Crippen molar-refractivity contribution in [2.75, 3.05) is 0 Å². The van der Waals surface area contributed by atoms with E-state index < -0.39 is 0 Å². The van der Waals surface area contributed by atoms with Gasteiger partial charge in [-0.2, -0.15) is 0 Å². The first kappa shape index (κ1) is 17.7. The fraction of sp³-hybridized carbons (Fsp3) is 0.182. The highest BCUT2D eigenvalue weighted by atomic mass is 16.5. The molecule has 0 atom stereocenters. The monoisotopic (exact) mass is 346 g/mol. The van der Waals surface area contributed by atoms with Crippen LogP contribution in [-0.2, 0) is 13.0 Å². The van der Waals surface area contributed by atoms with Crippen LogP contribution in [0.25, 0.3) is 0 Å². The van der Waals surface area contributed by atoms with Crippen molar-refractivity contribution in [3.05, 3.63) is 89.7 Å². The Morgan fingerprint density at radius 1 is 1.00 bits per heavy atom. The second kappa shape index (κ2) is 8.81. The lowest BCUT2D eigenvalue weighted by molar-refractivity contribution is 0.0950. The summed E-state index contributed by atoms with van der Waals surface area (Å²) in [5, 5.41) is 2.89. The van der Waals surface area contributed by atoms with Crippen molar-refractivity contribution in [1.29, 1.82) is 0 Å². The van der Waals surface area contributed by atoms with Crippen LogP contribution in [0.5, 0.6) is 11.5 Å². The van der Waals surface area contributed by atoms with Gasteiger partial charge in [0.25, 0.3) is 5.91 Å². The number of hydrogen-bond acceptors (Lipinski definition) is 3. The zero-order valence-corrected chi connectivity index (χ0v) is 14.8. The fourth-order valence-electron chi connectivity index (χ4n) is 2.65. The second-order valence-electron chi connectivity index (χ2n) is 6.07. The van der Waals surface area contributed by atoms with Crippen LogP contribution in [0.4, 0.5) is 0 Å². The van der Waals surface area contributed by atoms with Crippen molar-refractivity contribution in [1.82, 2.24) is 10.3 Å². The van der Waals surface area contributed by atoms with Gasteiger partial charge in [-0.3, -0.25) is 9.78 Å². The minimum absolute atomic E-state index is 0.133. The Hall–Kier alpha value is -3.14. The molecule has 2 aromatic carbocycles. The van der Waals surface area contributed by atoms with Crippen LogP contribution in [0.15, 0.2) is 73.1 Å². The molecule has 0 unspecified atom stereocenters. The molecule has 0 bridgehead atoms. The van der Waals surface area contributed by atoms with Gasteiger partial charge in [0.1, 0.15) is 11.5 Å². The Balaban J connectivity index is 1.56. The summed E-state index contributed by atoms with van der Waals surface area (Å²) >= 11 is 0. The normalized spacial score (nSPS) is 10.3. The maximum atomic E-state index is 12.0. The number of hydrogen-bond donors (Lipinski definition) is 1. The zero-order chi connectivity index (χ0) is 18.2. The topological polar surface area (TPSA) is 51.2 Å². The van der Waals surface area contributed by atoms with Gasteiger partial charge in [-0.25, -0.2) is 0 Å². The zero-order valence-electron chi connectivity index (χ0n) is 14.8. The third kappa shape index (κ3) is 4.93. The van der Waals surface area contributed by atoms with Gasteiger partial charge in [0, 0.05) is 18.9 Å². The van der Waals surface area contributed by atoms with Crippen LogP contribution >= 0.6 is 0 Å². The molecular formula is C22H22N2O2. The van der Waals surface area contributed by atoms with Crippen molar-refractivity contribution in [2.24, 2.45) is 0 Å². The first-order valence-corrected chi connectivity index (χ1v) is 8.78. The summed E-state index contributed by atoms with van der Waals surface area (Å²) < 4.78 is 5.92. The summed E-state index contributed by atoms with van der Waals surface area (Å²) in [5.41, 5.74) is 2.84. The molecule has 0 aliphatic heterocycles. The van der Waals surface area contributed by atoms with E-state index in [1.54, 1.807) is 24.5 Å². The fourth-order valence-corrected chi connectivity index (χ4v) is 2.65. The number of nitrogens with zero attached hydrogens (tertiary/aromatic N) is 1. The van der Waals surface area contributed by atoms with Gasteiger partial charge in [-0.1, -0.05) is 37.6 Å². The summed E-state index contributed by atoms with van der Waals surface area (Å²) in [5.74, 6) is 1.49. The Morgan fingerprint density at radius 3 is 2.58 bits per heavy atom. The Bertz CT molecular complexity index is 846. The molecule has 1 aromatic heterocycles. The van der Waals surface area contributed by atoms with Gasteiger partial charge < -0.3 is 10.1 Å². The molecule has 3 aromatic rings. The number of benzene rings is 2. The van der Waals surface area contributed by atoms with Crippen LogP contribution < -0.4 is 10.1 Å². The third-order valence-corrected chi connectivity index (χ3v) is 3.97. The second-order valence-corrected chi connectivity index (χ2v) is 6.07. The first-order valence-electron chi connectivity index (χ1n) is 8.78. The van der Waals surface area contributed by atoms with Crippen molar-refractivity contribution in [2.45, 2.75) is 26.3 Å². The van der Waals surface area contributed by atoms with E-state index in [0.717, 1.165) is 29.9 Å². The van der Waals surface area contributed by atoms with Gasteiger partial charge in [-0.05, 0) is 53.9 Å². The smallest absolute Gasteiger partial charge is 0.253 e. The molecule has 0 saturated heterocycles. The number of nitrogens with one attached hydrogen (secondary N) is 1. The lowest BCUT2D eigenvalue weighted by Gasteiger charge is -2.09. The lowest BCUT2D eigenvalue weighted by atomic mass is 10.1. The molecule has 3 rings (SSSR count). The average Bonchev–Trinajstić information content (AvgIpc) is 2.68. The van der Waals surface area contributed by atoms with Crippen LogP contribution in [-0.4, -0.2) is 10.9 Å². The molecule has 0 saturated carbocycles. The number of rotatable bonds is 7. The standard InChI is InChI=1S/C22H22N2O2/c1-2-5-17-6-3-8-21(14-17)26-20-11-9-18(10-12-20)15-24-22(25)19-7-4-13-23-16-19/h3-4,6-14,16H,2,5,15H2,1H3,(H,24,25). The molecule has 4 heteroatoms. The van der Waals surface area contributed by atoms with Crippen molar-refractivity contribution in [3.63, 3.8) is 0 Å². The molecule has 132 valence electrons. The van der Waals surface area contributed by atoms with E-state index in [0.29, 0.717) is 12.1 Å². The molecule has 1 amide bonds. The number of amides is 1. The highest BCUT2D eigenvalue weighted by molar-refractivity contribution is 5.93. The van der Waals surface area contributed by atoms with E-state index >= 15 is 0 Å². The number of ether oxygens (including phenoxy) is 1. The molecule has 1 heterocycles. The minimum atomic E-state index is -0.133. The maximum Gasteiger partial charge on any atom is 0.253 e. The van der Waals surface area contributed by atoms with E-state index in [2.05, 4.69) is 29.4 Å². The van der Waals surface area contributed by atoms with E-state index in [1.807, 2.05) is 36.4 Å². The Morgan fingerprint density at radius 2 is 1.85 bits per heavy atom. The minimum Gasteiger partial charge on any atom is -0.457 e. The number of carbonyl (C=O) groups excluding carboxylic acids is 1. The summed E-state index contributed by atoms with van der Waals surface area (Å²) in [6.07, 6.45) is 5.36. The van der Waals surface area contributed by atoms with Crippen LogP contribution in [0, 0.1) is 0 Å². The summed E-state index contributed by atoms with van der Waals surface area (Å²) in [4.78, 5) is 16.0. The highest BCUT2D eigenvalue weighted by Gasteiger charge is 2.05. The molecule has 4 nitrogen and oxygen atoms in total. The first-order chi connectivity index (χ1) is 12.7. The molecule has 0 radical (unpaired) electrons. The van der Waals surface area contributed by atoms with E-state index in [-0.39, 0.29) is 5.91 Å². The van der Waals surface area contributed by atoms with Gasteiger partial charge in [-0.15, -0.1) is 0 Å². The molecule has 0 fully saturated rings. The lowest BCUT2D eigenvalue weighted by Crippen LogP contribution is -2.22. The SMILES string of the molecule is CCCc1cccc(Oc2ccc(CNC(=O)c3cccnc3)cc2)c1. The summed E-state index contributed by atoms with van der Waals surface area (Å²) in [6, 6.07) is 19.4. The van der Waals surface area contributed by atoms with E-state index in [1.165, 1.54) is 5.56 Å². The molecule has 26 heavy (non-hydrogen) atoms. The summed E-state index contributed by atoms with van der Waals surface area (Å²) in [6.45, 7) is 2.62. The van der Waals surface area contributed by atoms with Crippen LogP contribution in [0.1, 0.15) is 34.8 Å². The Kier molecular flexibility index (Phi) is 5.99. The number of carbonyl (C=O) groups is 1. The van der Waals surface area contributed by atoms with Gasteiger partial charge in [0.05, 0.1) is 5.56 Å². The number of aryl methyl sites for hydroxylation is 1. The predicted octanol–water partition coefficient (Wildman–Crippen LogP) is 4.76. The van der Waals surface area contributed by atoms with Crippen molar-refractivity contribution >= 4 is 5.91 Å². The third-order valence-electron chi connectivity index (χ3n) is 3.97. The van der Waals surface area contributed by atoms with Gasteiger partial charge in [0.15, 0.2) is 0 Å². The molecule has 1 N–H and O–H groups in total. The maximum absolute atomic E-state index is 12.0.